The van der Waals surface area contributed by atoms with E-state index in [1.54, 1.807) is 6.07 Å². The Balaban J connectivity index is 2.67. The summed E-state index contributed by atoms with van der Waals surface area (Å²) < 4.78 is 15.9. The van der Waals surface area contributed by atoms with Crippen molar-refractivity contribution in [3.05, 3.63) is 28.2 Å². The van der Waals surface area contributed by atoms with Crippen LogP contribution in [-0.2, 0) is 13.0 Å². The highest BCUT2D eigenvalue weighted by atomic mass is 79.9. The summed E-state index contributed by atoms with van der Waals surface area (Å²) in [6, 6.07) is 3.21. The molecule has 0 fully saturated rings. The van der Waals surface area contributed by atoms with Crippen molar-refractivity contribution in [2.75, 3.05) is 5.88 Å². The van der Waals surface area contributed by atoms with Crippen molar-refractivity contribution in [2.24, 2.45) is 0 Å². The number of imidazole rings is 1. The molecular formula is C11H11BrClFN2. The first-order chi connectivity index (χ1) is 7.67. The van der Waals surface area contributed by atoms with Gasteiger partial charge in [-0.15, -0.1) is 11.6 Å². The van der Waals surface area contributed by atoms with Gasteiger partial charge in [-0.1, -0.05) is 0 Å². The van der Waals surface area contributed by atoms with Crippen LogP contribution in [0.4, 0.5) is 4.39 Å². The third kappa shape index (κ3) is 1.96. The fourth-order valence-electron chi connectivity index (χ4n) is 1.80. The number of alkyl halides is 1. The van der Waals surface area contributed by atoms with E-state index in [1.807, 2.05) is 11.5 Å². The average molecular weight is 306 g/mol. The van der Waals surface area contributed by atoms with E-state index in [4.69, 9.17) is 11.6 Å². The predicted molar refractivity (Wildman–Crippen MR) is 67.5 cm³/mol. The molecule has 2 nitrogen and oxygen atoms in total. The highest BCUT2D eigenvalue weighted by Gasteiger charge is 2.11. The maximum absolute atomic E-state index is 13.4. The molecule has 16 heavy (non-hydrogen) atoms. The van der Waals surface area contributed by atoms with Crippen LogP contribution in [0.5, 0.6) is 0 Å². The second-order valence-corrected chi connectivity index (χ2v) is 4.70. The van der Waals surface area contributed by atoms with Gasteiger partial charge in [-0.05, 0) is 28.9 Å². The summed E-state index contributed by atoms with van der Waals surface area (Å²) in [6.07, 6.45) is 0.698. The summed E-state index contributed by atoms with van der Waals surface area (Å²) in [7, 11) is 0. The Morgan fingerprint density at radius 3 is 2.88 bits per heavy atom. The van der Waals surface area contributed by atoms with E-state index < -0.39 is 0 Å². The summed E-state index contributed by atoms with van der Waals surface area (Å²) in [5, 5.41) is 0. The van der Waals surface area contributed by atoms with E-state index in [0.717, 1.165) is 23.4 Å². The van der Waals surface area contributed by atoms with Gasteiger partial charge in [-0.3, -0.25) is 0 Å². The van der Waals surface area contributed by atoms with Crippen LogP contribution in [0.3, 0.4) is 0 Å². The Labute approximate surface area is 107 Å². The maximum Gasteiger partial charge on any atom is 0.139 e. The zero-order valence-electron chi connectivity index (χ0n) is 8.80. The molecule has 0 saturated heterocycles. The fraction of sp³-hybridized carbons (Fsp3) is 0.364. The number of aryl methyl sites for hydroxylation is 2. The van der Waals surface area contributed by atoms with E-state index in [1.165, 1.54) is 6.07 Å². The fourth-order valence-corrected chi connectivity index (χ4v) is 2.30. The third-order valence-corrected chi connectivity index (χ3v) is 3.30. The molecule has 1 aromatic heterocycles. The molecule has 5 heteroatoms. The minimum absolute atomic E-state index is 0.264. The normalized spacial score (nSPS) is 11.2. The van der Waals surface area contributed by atoms with Crippen molar-refractivity contribution < 1.29 is 4.39 Å². The van der Waals surface area contributed by atoms with Gasteiger partial charge in [0.05, 0.1) is 15.5 Å². The first-order valence-electron chi connectivity index (χ1n) is 5.07. The number of fused-ring (bicyclic) bond motifs is 1. The lowest BCUT2D eigenvalue weighted by Crippen LogP contribution is -2.02. The molecule has 2 aromatic rings. The Hall–Kier alpha value is -0.610. The molecule has 0 N–H and O–H groups in total. The molecule has 86 valence electrons. The molecule has 0 amide bonds. The van der Waals surface area contributed by atoms with E-state index >= 15 is 0 Å². The molecule has 0 aliphatic carbocycles. The lowest BCUT2D eigenvalue weighted by Gasteiger charge is -2.04. The zero-order chi connectivity index (χ0) is 11.7. The van der Waals surface area contributed by atoms with Crippen LogP contribution in [0.2, 0.25) is 0 Å². The quantitative estimate of drug-likeness (QED) is 0.790. The number of aromatic nitrogens is 2. The van der Waals surface area contributed by atoms with Crippen LogP contribution in [0, 0.1) is 5.82 Å². The van der Waals surface area contributed by atoms with E-state index in [0.29, 0.717) is 16.8 Å². The molecule has 1 aromatic carbocycles. The molecule has 0 unspecified atom stereocenters. The zero-order valence-corrected chi connectivity index (χ0v) is 11.1. The lowest BCUT2D eigenvalue weighted by atomic mass is 10.3. The second-order valence-electron chi connectivity index (χ2n) is 3.47. The molecule has 0 aliphatic rings. The van der Waals surface area contributed by atoms with Crippen molar-refractivity contribution in [1.29, 1.82) is 0 Å². The Morgan fingerprint density at radius 2 is 2.25 bits per heavy atom. The number of benzene rings is 1. The summed E-state index contributed by atoms with van der Waals surface area (Å²) in [4.78, 5) is 4.46. The predicted octanol–water partition coefficient (Wildman–Crippen LogP) is 3.74. The molecule has 0 bridgehead atoms. The van der Waals surface area contributed by atoms with Gasteiger partial charge in [-0.25, -0.2) is 9.37 Å². The first-order valence-corrected chi connectivity index (χ1v) is 6.40. The van der Waals surface area contributed by atoms with Gasteiger partial charge in [-0.2, -0.15) is 0 Å². The number of halogens is 3. The van der Waals surface area contributed by atoms with Crippen LogP contribution < -0.4 is 0 Å². The SMILES string of the molecule is CCn1c(CCCl)nc2cc(Br)c(F)cc21. The van der Waals surface area contributed by atoms with Crippen LogP contribution in [0.25, 0.3) is 11.0 Å². The summed E-state index contributed by atoms with van der Waals surface area (Å²) in [5.41, 5.74) is 1.62. The van der Waals surface area contributed by atoms with Gasteiger partial charge in [0, 0.05) is 24.9 Å². The largest absolute Gasteiger partial charge is 0.328 e. The third-order valence-electron chi connectivity index (χ3n) is 2.50. The van der Waals surface area contributed by atoms with Crippen LogP contribution >= 0.6 is 27.5 Å². The maximum atomic E-state index is 13.4. The van der Waals surface area contributed by atoms with Crippen LogP contribution in [0.1, 0.15) is 12.7 Å². The van der Waals surface area contributed by atoms with Gasteiger partial charge in [0.15, 0.2) is 0 Å². The molecule has 0 atom stereocenters. The van der Waals surface area contributed by atoms with Gasteiger partial charge in [0.2, 0.25) is 0 Å². The molecule has 0 radical (unpaired) electrons. The Morgan fingerprint density at radius 1 is 1.50 bits per heavy atom. The number of hydrogen-bond acceptors (Lipinski definition) is 1. The molecule has 0 aliphatic heterocycles. The van der Waals surface area contributed by atoms with Crippen molar-refractivity contribution in [2.45, 2.75) is 19.9 Å². The molecular weight excluding hydrogens is 294 g/mol. The minimum atomic E-state index is -0.264. The van der Waals surface area contributed by atoms with E-state index in [9.17, 15) is 4.39 Å². The monoisotopic (exact) mass is 304 g/mol. The number of rotatable bonds is 3. The van der Waals surface area contributed by atoms with Gasteiger partial charge in [0.25, 0.3) is 0 Å². The van der Waals surface area contributed by atoms with Crippen molar-refractivity contribution in [3.8, 4) is 0 Å². The summed E-state index contributed by atoms with van der Waals surface area (Å²) in [6.45, 7) is 2.78. The first kappa shape index (κ1) is 11.9. The van der Waals surface area contributed by atoms with Gasteiger partial charge >= 0.3 is 0 Å². The highest BCUT2D eigenvalue weighted by molar-refractivity contribution is 9.10. The molecule has 2 rings (SSSR count). The smallest absolute Gasteiger partial charge is 0.139 e. The summed E-state index contributed by atoms with van der Waals surface area (Å²) >= 11 is 8.88. The van der Waals surface area contributed by atoms with Crippen LogP contribution in [-0.4, -0.2) is 15.4 Å². The second kappa shape index (κ2) is 4.72. The molecule has 0 saturated carbocycles. The molecule has 0 spiro atoms. The van der Waals surface area contributed by atoms with Gasteiger partial charge in [0.1, 0.15) is 11.6 Å². The lowest BCUT2D eigenvalue weighted by molar-refractivity contribution is 0.621. The number of nitrogens with zero attached hydrogens (tertiary/aromatic N) is 2. The average Bonchev–Trinajstić information content (AvgIpc) is 2.56. The van der Waals surface area contributed by atoms with E-state index in [2.05, 4.69) is 20.9 Å². The Bertz CT molecular complexity index is 524. The highest BCUT2D eigenvalue weighted by Crippen LogP contribution is 2.24. The topological polar surface area (TPSA) is 17.8 Å². The van der Waals surface area contributed by atoms with Crippen molar-refractivity contribution >= 4 is 38.6 Å². The minimum Gasteiger partial charge on any atom is -0.328 e. The number of hydrogen-bond donors (Lipinski definition) is 0. The molecule has 1 heterocycles. The standard InChI is InChI=1S/C11H11BrClFN2/c1-2-16-10-6-8(14)7(12)5-9(10)15-11(16)3-4-13/h5-6H,2-4H2,1H3. The summed E-state index contributed by atoms with van der Waals surface area (Å²) in [5.74, 6) is 1.16. The van der Waals surface area contributed by atoms with Crippen molar-refractivity contribution in [1.82, 2.24) is 9.55 Å². The van der Waals surface area contributed by atoms with Gasteiger partial charge < -0.3 is 4.57 Å². The van der Waals surface area contributed by atoms with E-state index in [-0.39, 0.29) is 5.82 Å². The Kier molecular flexibility index (Phi) is 3.50. The van der Waals surface area contributed by atoms with Crippen molar-refractivity contribution in [3.63, 3.8) is 0 Å². The van der Waals surface area contributed by atoms with Crippen LogP contribution in [0.15, 0.2) is 16.6 Å².